The maximum Gasteiger partial charge on any atom is 0.321 e. The lowest BCUT2D eigenvalue weighted by Crippen LogP contribution is -2.33. The number of carboxylic acids is 1. The van der Waals surface area contributed by atoms with E-state index in [1.54, 1.807) is 20.8 Å². The molecule has 1 aliphatic carbocycles. The van der Waals surface area contributed by atoms with Gasteiger partial charge in [0.2, 0.25) is 0 Å². The van der Waals surface area contributed by atoms with Gasteiger partial charge in [-0.3, -0.25) is 9.59 Å². The van der Waals surface area contributed by atoms with Gasteiger partial charge >= 0.3 is 11.9 Å². The van der Waals surface area contributed by atoms with E-state index in [9.17, 15) is 9.59 Å². The van der Waals surface area contributed by atoms with Gasteiger partial charge in [0.05, 0.1) is 0 Å². The van der Waals surface area contributed by atoms with E-state index in [0.29, 0.717) is 0 Å². The molecule has 1 rings (SSSR count). The first-order chi connectivity index (χ1) is 6.31. The molecule has 0 radical (unpaired) electrons. The molecule has 0 aromatic rings. The van der Waals surface area contributed by atoms with E-state index in [1.165, 1.54) is 0 Å². The van der Waals surface area contributed by atoms with Crippen LogP contribution in [0, 0.1) is 11.8 Å². The first-order valence-corrected chi connectivity index (χ1v) is 4.77. The van der Waals surface area contributed by atoms with Gasteiger partial charge in [0.15, 0.2) is 5.92 Å². The maximum atomic E-state index is 11.5. The standard InChI is InChI=1S/C10H16O4/c1-10(2,3)14-9(13)7(8(11)12)6-4-5-6/h6-7H,4-5H2,1-3H3,(H,11,12)/t7-/m1/s1. The molecule has 1 atom stereocenters. The second kappa shape index (κ2) is 3.59. The van der Waals surface area contributed by atoms with Crippen molar-refractivity contribution in [3.63, 3.8) is 0 Å². The highest BCUT2D eigenvalue weighted by atomic mass is 16.6. The van der Waals surface area contributed by atoms with Crippen LogP contribution >= 0.6 is 0 Å². The Morgan fingerprint density at radius 3 is 2.14 bits per heavy atom. The molecule has 0 bridgehead atoms. The highest BCUT2D eigenvalue weighted by Crippen LogP contribution is 2.38. The lowest BCUT2D eigenvalue weighted by Gasteiger charge is -2.22. The van der Waals surface area contributed by atoms with Crippen LogP contribution in [0.4, 0.5) is 0 Å². The Balaban J connectivity index is 2.60. The van der Waals surface area contributed by atoms with E-state index in [0.717, 1.165) is 12.8 Å². The van der Waals surface area contributed by atoms with Gasteiger partial charge in [-0.25, -0.2) is 0 Å². The Morgan fingerprint density at radius 1 is 1.36 bits per heavy atom. The summed E-state index contributed by atoms with van der Waals surface area (Å²) < 4.78 is 5.04. The molecule has 1 aliphatic rings. The Hall–Kier alpha value is -1.06. The van der Waals surface area contributed by atoms with Crippen molar-refractivity contribution in [1.29, 1.82) is 0 Å². The lowest BCUT2D eigenvalue weighted by atomic mass is 10.0. The zero-order valence-corrected chi connectivity index (χ0v) is 8.74. The van der Waals surface area contributed by atoms with Crippen molar-refractivity contribution in [3.8, 4) is 0 Å². The molecular weight excluding hydrogens is 184 g/mol. The molecule has 0 aromatic carbocycles. The molecule has 4 heteroatoms. The summed E-state index contributed by atoms with van der Waals surface area (Å²) in [6.07, 6.45) is 1.63. The number of hydrogen-bond acceptors (Lipinski definition) is 3. The summed E-state index contributed by atoms with van der Waals surface area (Å²) in [6.45, 7) is 5.20. The van der Waals surface area contributed by atoms with Crippen LogP contribution < -0.4 is 0 Å². The topological polar surface area (TPSA) is 63.6 Å². The van der Waals surface area contributed by atoms with Crippen LogP contribution in [0.2, 0.25) is 0 Å². The van der Waals surface area contributed by atoms with E-state index in [-0.39, 0.29) is 5.92 Å². The van der Waals surface area contributed by atoms with Gasteiger partial charge in [-0.1, -0.05) is 0 Å². The third kappa shape index (κ3) is 3.01. The van der Waals surface area contributed by atoms with Gasteiger partial charge in [0, 0.05) is 0 Å². The highest BCUT2D eigenvalue weighted by Gasteiger charge is 2.43. The van der Waals surface area contributed by atoms with E-state index < -0.39 is 23.5 Å². The minimum Gasteiger partial charge on any atom is -0.481 e. The van der Waals surface area contributed by atoms with E-state index in [4.69, 9.17) is 9.84 Å². The predicted molar refractivity (Wildman–Crippen MR) is 49.7 cm³/mol. The van der Waals surface area contributed by atoms with Crippen molar-refractivity contribution in [2.24, 2.45) is 11.8 Å². The second-order valence-electron chi connectivity index (χ2n) is 4.69. The Bertz CT molecular complexity index is 247. The van der Waals surface area contributed by atoms with Crippen LogP contribution in [0.1, 0.15) is 33.6 Å². The van der Waals surface area contributed by atoms with Crippen molar-refractivity contribution in [2.45, 2.75) is 39.2 Å². The summed E-state index contributed by atoms with van der Waals surface area (Å²) in [4.78, 5) is 22.3. The summed E-state index contributed by atoms with van der Waals surface area (Å²) in [7, 11) is 0. The number of carbonyl (C=O) groups is 2. The van der Waals surface area contributed by atoms with Crippen molar-refractivity contribution < 1.29 is 19.4 Å². The van der Waals surface area contributed by atoms with E-state index >= 15 is 0 Å². The number of rotatable bonds is 3. The molecule has 14 heavy (non-hydrogen) atoms. The minimum atomic E-state index is -1.07. The average molecular weight is 200 g/mol. The molecule has 1 saturated carbocycles. The SMILES string of the molecule is CC(C)(C)OC(=O)[C@@H](C(=O)O)C1CC1. The summed E-state index contributed by atoms with van der Waals surface area (Å²) in [5.74, 6) is -2.65. The van der Waals surface area contributed by atoms with Crippen LogP contribution in [-0.2, 0) is 14.3 Å². The molecule has 80 valence electrons. The normalized spacial score (nSPS) is 18.8. The quantitative estimate of drug-likeness (QED) is 0.553. The molecule has 0 aliphatic heterocycles. The fraction of sp³-hybridized carbons (Fsp3) is 0.800. The molecular formula is C10H16O4. The number of carbonyl (C=O) groups excluding carboxylic acids is 1. The predicted octanol–water partition coefficient (Wildman–Crippen LogP) is 1.44. The lowest BCUT2D eigenvalue weighted by molar-refractivity contribution is -0.167. The summed E-state index contributed by atoms with van der Waals surface area (Å²) >= 11 is 0. The first-order valence-electron chi connectivity index (χ1n) is 4.77. The smallest absolute Gasteiger partial charge is 0.321 e. The third-order valence-electron chi connectivity index (χ3n) is 2.02. The van der Waals surface area contributed by atoms with Gasteiger partial charge < -0.3 is 9.84 Å². The maximum absolute atomic E-state index is 11.5. The third-order valence-corrected chi connectivity index (χ3v) is 2.02. The summed E-state index contributed by atoms with van der Waals surface area (Å²) in [6, 6.07) is 0. The molecule has 0 amide bonds. The Kier molecular flexibility index (Phi) is 2.83. The van der Waals surface area contributed by atoms with Crippen LogP contribution in [-0.4, -0.2) is 22.6 Å². The molecule has 0 unspecified atom stereocenters. The minimum absolute atomic E-state index is 0.0117. The number of hydrogen-bond donors (Lipinski definition) is 1. The summed E-state index contributed by atoms with van der Waals surface area (Å²) in [5.41, 5.74) is -0.611. The molecule has 4 nitrogen and oxygen atoms in total. The zero-order chi connectivity index (χ0) is 10.9. The van der Waals surface area contributed by atoms with E-state index in [1.807, 2.05) is 0 Å². The van der Waals surface area contributed by atoms with Crippen molar-refractivity contribution in [2.75, 3.05) is 0 Å². The fourth-order valence-electron chi connectivity index (χ4n) is 1.29. The molecule has 0 spiro atoms. The van der Waals surface area contributed by atoms with Gasteiger partial charge in [0.25, 0.3) is 0 Å². The van der Waals surface area contributed by atoms with Crippen LogP contribution in [0.15, 0.2) is 0 Å². The van der Waals surface area contributed by atoms with Crippen LogP contribution in [0.5, 0.6) is 0 Å². The van der Waals surface area contributed by atoms with Crippen molar-refractivity contribution in [3.05, 3.63) is 0 Å². The van der Waals surface area contributed by atoms with Gasteiger partial charge in [-0.15, -0.1) is 0 Å². The highest BCUT2D eigenvalue weighted by molar-refractivity contribution is 5.94. The van der Waals surface area contributed by atoms with Crippen LogP contribution in [0.25, 0.3) is 0 Å². The molecule has 0 aromatic heterocycles. The molecule has 0 saturated heterocycles. The number of aliphatic carboxylic acids is 1. The Labute approximate surface area is 83.2 Å². The average Bonchev–Trinajstić information content (AvgIpc) is 2.65. The summed E-state index contributed by atoms with van der Waals surface area (Å²) in [5, 5.41) is 8.85. The number of ether oxygens (including phenoxy) is 1. The van der Waals surface area contributed by atoms with Crippen molar-refractivity contribution in [1.82, 2.24) is 0 Å². The van der Waals surface area contributed by atoms with Crippen LogP contribution in [0.3, 0.4) is 0 Å². The van der Waals surface area contributed by atoms with Gasteiger partial charge in [0.1, 0.15) is 5.60 Å². The zero-order valence-electron chi connectivity index (χ0n) is 8.74. The Morgan fingerprint density at radius 2 is 1.86 bits per heavy atom. The fourth-order valence-corrected chi connectivity index (χ4v) is 1.29. The second-order valence-corrected chi connectivity index (χ2v) is 4.69. The first kappa shape index (κ1) is 11.0. The van der Waals surface area contributed by atoms with Crippen molar-refractivity contribution >= 4 is 11.9 Å². The monoisotopic (exact) mass is 200 g/mol. The number of carboxylic acid groups (broad SMARTS) is 1. The largest absolute Gasteiger partial charge is 0.481 e. The molecule has 1 fully saturated rings. The number of esters is 1. The molecule has 0 heterocycles. The van der Waals surface area contributed by atoms with Gasteiger partial charge in [-0.05, 0) is 39.5 Å². The van der Waals surface area contributed by atoms with Gasteiger partial charge in [-0.2, -0.15) is 0 Å². The van der Waals surface area contributed by atoms with E-state index in [2.05, 4.69) is 0 Å². The molecule has 1 N–H and O–H groups in total.